The number of rotatable bonds is 8. The molecule has 5 nitrogen and oxygen atoms in total. The van der Waals surface area contributed by atoms with Crippen molar-refractivity contribution in [1.29, 1.82) is 0 Å². The highest BCUT2D eigenvalue weighted by Gasteiger charge is 2.31. The lowest BCUT2D eigenvalue weighted by Crippen LogP contribution is -2.42. The molecule has 0 aliphatic carbocycles. The van der Waals surface area contributed by atoms with Gasteiger partial charge in [-0.25, -0.2) is 4.98 Å². The van der Waals surface area contributed by atoms with E-state index in [1.54, 1.807) is 55.0 Å². The van der Waals surface area contributed by atoms with E-state index in [0.717, 1.165) is 6.42 Å². The largest absolute Gasteiger partial charge is 0.493 e. The molecule has 0 radical (unpaired) electrons. The van der Waals surface area contributed by atoms with E-state index >= 15 is 0 Å². The molecule has 1 N–H and O–H groups in total. The summed E-state index contributed by atoms with van der Waals surface area (Å²) in [6.45, 7) is 3.90. The summed E-state index contributed by atoms with van der Waals surface area (Å²) in [5.74, 6) is 0.724. The number of benzene rings is 1. The first kappa shape index (κ1) is 19.7. The van der Waals surface area contributed by atoms with Gasteiger partial charge in [0.05, 0.1) is 11.6 Å². The lowest BCUT2D eigenvalue weighted by Gasteiger charge is -2.25. The van der Waals surface area contributed by atoms with Crippen LogP contribution in [-0.2, 0) is 11.2 Å². The van der Waals surface area contributed by atoms with Gasteiger partial charge < -0.3 is 9.47 Å². The molecule has 0 saturated heterocycles. The van der Waals surface area contributed by atoms with Gasteiger partial charge in [-0.1, -0.05) is 11.6 Å². The van der Waals surface area contributed by atoms with Crippen LogP contribution in [0.5, 0.6) is 11.5 Å². The summed E-state index contributed by atoms with van der Waals surface area (Å²) >= 11 is 9.25. The summed E-state index contributed by atoms with van der Waals surface area (Å²) in [6, 6.07) is 7.26. The van der Waals surface area contributed by atoms with Crippen molar-refractivity contribution < 1.29 is 14.3 Å². The van der Waals surface area contributed by atoms with E-state index in [-0.39, 0.29) is 5.91 Å². The summed E-state index contributed by atoms with van der Waals surface area (Å²) in [7, 11) is 0. The molecule has 0 unspecified atom stereocenters. The van der Waals surface area contributed by atoms with Crippen LogP contribution in [0.2, 0.25) is 5.02 Å². The van der Waals surface area contributed by atoms with Gasteiger partial charge in [-0.15, -0.1) is 11.3 Å². The van der Waals surface area contributed by atoms with Crippen LogP contribution < -0.4 is 14.8 Å². The number of amides is 1. The lowest BCUT2D eigenvalue weighted by molar-refractivity contribution is -0.128. The van der Waals surface area contributed by atoms with E-state index in [9.17, 15) is 4.79 Å². The number of carbonyl (C=O) groups is 1. The van der Waals surface area contributed by atoms with Crippen molar-refractivity contribution in [2.45, 2.75) is 25.9 Å². The molecule has 8 heteroatoms. The van der Waals surface area contributed by atoms with Gasteiger partial charge in [-0.2, -0.15) is 11.3 Å². The van der Waals surface area contributed by atoms with Gasteiger partial charge in [0.25, 0.3) is 5.91 Å². The van der Waals surface area contributed by atoms with E-state index in [0.29, 0.717) is 28.3 Å². The van der Waals surface area contributed by atoms with Crippen LogP contribution in [-0.4, -0.2) is 23.1 Å². The van der Waals surface area contributed by atoms with Crippen LogP contribution in [0.1, 0.15) is 19.4 Å². The number of thiophene rings is 1. The van der Waals surface area contributed by atoms with Crippen LogP contribution in [0.4, 0.5) is 5.13 Å². The molecule has 1 amide bonds. The molecule has 0 atom stereocenters. The molecule has 1 aromatic carbocycles. The fourth-order valence-electron chi connectivity index (χ4n) is 2.23. The predicted octanol–water partition coefficient (Wildman–Crippen LogP) is 5.28. The van der Waals surface area contributed by atoms with Crippen LogP contribution in [0.3, 0.4) is 0 Å². The van der Waals surface area contributed by atoms with Crippen molar-refractivity contribution in [3.63, 3.8) is 0 Å². The molecule has 0 aliphatic rings. The van der Waals surface area contributed by atoms with Crippen LogP contribution in [0.15, 0.2) is 46.6 Å². The first-order valence-electron chi connectivity index (χ1n) is 8.27. The topological polar surface area (TPSA) is 60.5 Å². The van der Waals surface area contributed by atoms with E-state index in [4.69, 9.17) is 21.1 Å². The van der Waals surface area contributed by atoms with Crippen molar-refractivity contribution in [3.05, 3.63) is 57.2 Å². The number of anilines is 1. The summed E-state index contributed by atoms with van der Waals surface area (Å²) in [5, 5.41) is 9.60. The number of aromatic nitrogens is 1. The molecule has 0 saturated carbocycles. The number of thiazole rings is 1. The monoisotopic (exact) mass is 422 g/mol. The first-order valence-corrected chi connectivity index (χ1v) is 10.5. The van der Waals surface area contributed by atoms with Crippen molar-refractivity contribution in [3.8, 4) is 11.5 Å². The summed E-state index contributed by atoms with van der Waals surface area (Å²) in [6.07, 6.45) is 2.45. The number of carbonyl (C=O) groups excluding carboxylic acids is 1. The van der Waals surface area contributed by atoms with Gasteiger partial charge in [0.2, 0.25) is 0 Å². The molecule has 27 heavy (non-hydrogen) atoms. The van der Waals surface area contributed by atoms with Crippen molar-refractivity contribution in [2.24, 2.45) is 0 Å². The molecule has 0 spiro atoms. The quantitative estimate of drug-likeness (QED) is 0.536. The minimum atomic E-state index is -1.13. The maximum Gasteiger partial charge on any atom is 0.269 e. The second-order valence-corrected chi connectivity index (χ2v) is 8.31. The van der Waals surface area contributed by atoms with Crippen molar-refractivity contribution >= 4 is 45.3 Å². The Hall–Kier alpha value is -2.09. The molecule has 2 aromatic heterocycles. The molecule has 3 rings (SSSR count). The number of ether oxygens (including phenoxy) is 2. The van der Waals surface area contributed by atoms with Crippen LogP contribution in [0, 0.1) is 0 Å². The minimum absolute atomic E-state index is 0.308. The van der Waals surface area contributed by atoms with Gasteiger partial charge in [0.15, 0.2) is 10.7 Å². The van der Waals surface area contributed by atoms with Gasteiger partial charge in [0, 0.05) is 24.1 Å². The van der Waals surface area contributed by atoms with Crippen LogP contribution in [0.25, 0.3) is 0 Å². The van der Waals surface area contributed by atoms with Gasteiger partial charge in [-0.3, -0.25) is 10.1 Å². The Bertz CT molecular complexity index is 881. The van der Waals surface area contributed by atoms with Gasteiger partial charge in [0.1, 0.15) is 11.5 Å². The molecular formula is C19H19ClN2O3S2. The third kappa shape index (κ3) is 5.45. The Morgan fingerprint density at radius 1 is 1.30 bits per heavy atom. The zero-order chi connectivity index (χ0) is 19.3. The lowest BCUT2D eigenvalue weighted by atomic mass is 10.1. The molecular weight excluding hydrogens is 404 g/mol. The summed E-state index contributed by atoms with van der Waals surface area (Å²) < 4.78 is 11.7. The van der Waals surface area contributed by atoms with E-state index < -0.39 is 5.60 Å². The Morgan fingerprint density at radius 2 is 2.15 bits per heavy atom. The third-order valence-corrected chi connectivity index (χ3v) is 5.44. The average Bonchev–Trinajstić information content (AvgIpc) is 3.31. The molecule has 0 aliphatic heterocycles. The fourth-order valence-corrected chi connectivity index (χ4v) is 3.61. The number of nitrogens with one attached hydrogen (secondary N) is 1. The van der Waals surface area contributed by atoms with E-state index in [1.807, 2.05) is 5.38 Å². The van der Waals surface area contributed by atoms with Gasteiger partial charge >= 0.3 is 0 Å². The summed E-state index contributed by atoms with van der Waals surface area (Å²) in [5.41, 5.74) is 0.107. The average molecular weight is 423 g/mol. The minimum Gasteiger partial charge on any atom is -0.493 e. The highest BCUT2D eigenvalue weighted by Crippen LogP contribution is 2.32. The number of nitrogens with zero attached hydrogens (tertiary/aromatic N) is 1. The van der Waals surface area contributed by atoms with Crippen molar-refractivity contribution in [2.75, 3.05) is 11.9 Å². The Labute approximate surface area is 170 Å². The third-order valence-electron chi connectivity index (χ3n) is 3.71. The number of hydrogen-bond acceptors (Lipinski definition) is 6. The van der Waals surface area contributed by atoms with E-state index in [2.05, 4.69) is 21.7 Å². The fraction of sp³-hybridized carbons (Fsp3) is 0.263. The molecule has 0 bridgehead atoms. The molecule has 0 fully saturated rings. The zero-order valence-corrected chi connectivity index (χ0v) is 17.3. The molecule has 142 valence electrons. The standard InChI is InChI=1S/C19H19ClN2O3S2/c1-19(2,17(23)22-18-21-7-10-27-18)25-16-11-14(3-4-15(16)20)24-8-5-13-6-9-26-12-13/h3-4,6-7,9-12H,5,8H2,1-2H3,(H,21,22,23). The summed E-state index contributed by atoms with van der Waals surface area (Å²) in [4.78, 5) is 16.5. The number of halogens is 1. The smallest absolute Gasteiger partial charge is 0.269 e. The Balaban J connectivity index is 1.63. The second kappa shape index (κ2) is 8.73. The van der Waals surface area contributed by atoms with Gasteiger partial charge in [-0.05, 0) is 48.4 Å². The Morgan fingerprint density at radius 3 is 2.85 bits per heavy atom. The Kier molecular flexibility index (Phi) is 6.36. The normalized spacial score (nSPS) is 11.2. The predicted molar refractivity (Wildman–Crippen MR) is 110 cm³/mol. The van der Waals surface area contributed by atoms with Crippen LogP contribution >= 0.6 is 34.3 Å². The van der Waals surface area contributed by atoms with E-state index in [1.165, 1.54) is 16.9 Å². The second-order valence-electron chi connectivity index (χ2n) is 6.23. The van der Waals surface area contributed by atoms with Crippen molar-refractivity contribution in [1.82, 2.24) is 4.98 Å². The molecule has 2 heterocycles. The SMILES string of the molecule is CC(C)(Oc1cc(OCCc2ccsc2)ccc1Cl)C(=O)Nc1nccs1. The maximum atomic E-state index is 12.5. The highest BCUT2D eigenvalue weighted by molar-refractivity contribution is 7.13. The maximum absolute atomic E-state index is 12.5. The zero-order valence-electron chi connectivity index (χ0n) is 14.9. The number of hydrogen-bond donors (Lipinski definition) is 1. The first-order chi connectivity index (χ1) is 12.9. The highest BCUT2D eigenvalue weighted by atomic mass is 35.5. The molecule has 3 aromatic rings.